The van der Waals surface area contributed by atoms with Crippen molar-refractivity contribution >= 4 is 41.3 Å². The minimum atomic E-state index is -2.61. The van der Waals surface area contributed by atoms with E-state index < -0.39 is 18.6 Å². The van der Waals surface area contributed by atoms with E-state index in [0.717, 1.165) is 56.2 Å². The number of hydrogen-bond acceptors (Lipinski definition) is 5. The summed E-state index contributed by atoms with van der Waals surface area (Å²) in [5.41, 5.74) is 37.3. The van der Waals surface area contributed by atoms with Crippen LogP contribution >= 0.6 is 0 Å². The van der Waals surface area contributed by atoms with Gasteiger partial charge in [0.05, 0.1) is 16.9 Å². The summed E-state index contributed by atoms with van der Waals surface area (Å²) in [5.74, 6) is -1.80. The Morgan fingerprint density at radius 2 is 1.64 bits per heavy atom. The van der Waals surface area contributed by atoms with Crippen LogP contribution in [0.1, 0.15) is 61.2 Å². The zero-order valence-electron chi connectivity index (χ0n) is 21.0. The summed E-state index contributed by atoms with van der Waals surface area (Å²) < 4.78 is 3.60. The third-order valence-corrected chi connectivity index (χ3v) is 7.51. The fourth-order valence-corrected chi connectivity index (χ4v) is 5.85. The van der Waals surface area contributed by atoms with Gasteiger partial charge in [-0.05, 0) is 68.1 Å². The average molecular weight is 491 g/mol. The highest BCUT2D eigenvalue weighted by molar-refractivity contribution is 6.65. The number of hydrogen-bond donors (Lipinski definition) is 5. The first-order valence-electron chi connectivity index (χ1n) is 11.9. The Hall–Kier alpha value is -3.83. The van der Waals surface area contributed by atoms with Crippen LogP contribution in [0.15, 0.2) is 35.0 Å². The molecule has 0 amide bonds. The van der Waals surface area contributed by atoms with Crippen molar-refractivity contribution in [2.24, 2.45) is 5.64 Å². The Bertz CT molecular complexity index is 1430. The number of fused-ring (bicyclic) bond motifs is 2. The minimum absolute atomic E-state index is 0.0401. The highest BCUT2D eigenvalue weighted by Gasteiger charge is 2.50. The molecule has 1 unspecified atom stereocenters. The molecule has 0 aliphatic carbocycles. The van der Waals surface area contributed by atoms with Crippen molar-refractivity contribution in [1.82, 2.24) is 10.1 Å². The molecule has 0 fully saturated rings. The van der Waals surface area contributed by atoms with Gasteiger partial charge in [-0.1, -0.05) is 6.07 Å². The van der Waals surface area contributed by atoms with Gasteiger partial charge in [0.2, 0.25) is 0 Å². The smallest absolute Gasteiger partial charge is 0.481 e. The number of rotatable bonds is 7. The number of anilines is 2. The molecular formula is C25H32BN6O4. The lowest BCUT2D eigenvalue weighted by molar-refractivity contribution is -0.340. The van der Waals surface area contributed by atoms with Crippen LogP contribution in [-0.4, -0.2) is 43.5 Å². The highest BCUT2D eigenvalue weighted by Crippen LogP contribution is 2.45. The van der Waals surface area contributed by atoms with Gasteiger partial charge in [-0.3, -0.25) is 9.59 Å². The van der Waals surface area contributed by atoms with Crippen LogP contribution in [0, 0.1) is 13.8 Å². The monoisotopic (exact) mass is 491 g/mol. The molecule has 9 N–H and O–H groups in total. The molecule has 10 nitrogen and oxygen atoms in total. The third kappa shape index (κ3) is 3.71. The van der Waals surface area contributed by atoms with Crippen LogP contribution in [0.2, 0.25) is 0 Å². The first-order chi connectivity index (χ1) is 16.8. The van der Waals surface area contributed by atoms with Gasteiger partial charge in [-0.25, -0.2) is 0 Å². The largest absolute Gasteiger partial charge is 0.537 e. The number of aliphatic carboxylic acids is 2. The molecule has 36 heavy (non-hydrogen) atoms. The summed E-state index contributed by atoms with van der Waals surface area (Å²) in [7, 11) is 0. The lowest BCUT2D eigenvalue weighted by atomic mass is 9.71. The van der Waals surface area contributed by atoms with Gasteiger partial charge in [0, 0.05) is 36.6 Å². The maximum Gasteiger partial charge on any atom is 0.537 e. The number of nitrogens with two attached hydrogens (primary N) is 3. The van der Waals surface area contributed by atoms with Gasteiger partial charge in [0.25, 0.3) is 0 Å². The van der Waals surface area contributed by atoms with Crippen molar-refractivity contribution in [1.29, 1.82) is 0 Å². The summed E-state index contributed by atoms with van der Waals surface area (Å²) in [6.07, 6.45) is 0.545. The number of carboxylic acid groups (broad SMARTS) is 2. The Balaban J connectivity index is 2.11. The first-order valence-corrected chi connectivity index (χ1v) is 11.9. The zero-order valence-corrected chi connectivity index (χ0v) is 21.0. The quantitative estimate of drug-likeness (QED) is 0.290. The third-order valence-electron chi connectivity index (χ3n) is 7.51. The van der Waals surface area contributed by atoms with Crippen molar-refractivity contribution in [2.45, 2.75) is 53.4 Å². The summed E-state index contributed by atoms with van der Waals surface area (Å²) in [4.78, 5) is 22.7. The van der Waals surface area contributed by atoms with E-state index in [0.29, 0.717) is 24.2 Å². The molecule has 11 heteroatoms. The van der Waals surface area contributed by atoms with E-state index in [9.17, 15) is 25.4 Å². The number of benzene rings is 1. The number of nitrogens with zero attached hydrogens (tertiary/aromatic N) is 2. The van der Waals surface area contributed by atoms with Crippen LogP contribution in [0.5, 0.6) is 0 Å². The molecule has 2 aliphatic heterocycles. The molecule has 4 rings (SSSR count). The van der Waals surface area contributed by atoms with Crippen LogP contribution < -0.4 is 22.8 Å². The molecule has 2 aliphatic rings. The molecule has 0 spiro atoms. The van der Waals surface area contributed by atoms with Crippen molar-refractivity contribution in [3.05, 3.63) is 63.1 Å². The molecule has 1 radical (unpaired) electrons. The molecule has 1 aromatic carbocycles. The van der Waals surface area contributed by atoms with E-state index in [2.05, 4.69) is 0 Å². The second-order valence-electron chi connectivity index (χ2n) is 9.66. The van der Waals surface area contributed by atoms with Gasteiger partial charge in [0.15, 0.2) is 5.70 Å². The van der Waals surface area contributed by atoms with E-state index >= 15 is 0 Å². The van der Waals surface area contributed by atoms with Crippen LogP contribution in [0.25, 0.3) is 5.57 Å². The number of carbonyl (C=O) groups is 2. The number of allylic oxidation sites excluding steroid dienone is 2. The molecule has 0 saturated heterocycles. The molecule has 0 saturated carbocycles. The van der Waals surface area contributed by atoms with E-state index in [-0.39, 0.29) is 12.8 Å². The number of carboxylic acids is 2. The summed E-state index contributed by atoms with van der Waals surface area (Å²) in [6.45, 7) is 4.97. The van der Waals surface area contributed by atoms with Gasteiger partial charge in [0.1, 0.15) is 5.71 Å². The van der Waals surface area contributed by atoms with Crippen LogP contribution in [0.4, 0.5) is 11.4 Å². The number of aromatic nitrogens is 1. The summed E-state index contributed by atoms with van der Waals surface area (Å²) in [6, 6.07) is 5.39. The van der Waals surface area contributed by atoms with Gasteiger partial charge in [-0.2, -0.15) is 0 Å². The Kier molecular flexibility index (Phi) is 6.10. The van der Waals surface area contributed by atoms with Gasteiger partial charge < -0.3 is 41.9 Å². The molecule has 2 aromatic rings. The van der Waals surface area contributed by atoms with E-state index in [1.165, 1.54) is 0 Å². The minimum Gasteiger partial charge on any atom is -0.481 e. The fourth-order valence-electron chi connectivity index (χ4n) is 5.85. The van der Waals surface area contributed by atoms with E-state index in [1.54, 1.807) is 21.1 Å². The molecule has 1 aromatic heterocycles. The second kappa shape index (κ2) is 8.68. The molecule has 0 bridgehead atoms. The first kappa shape index (κ1) is 25.3. The fraction of sp³-hybridized carbons (Fsp3) is 0.320. The SMILES string of the molecule is CC1=C(CCC(=O)O)C(C)=[N+]2C1=C(c1ccc(N)c(N)c1)c1c(C)c(CCC(=O)O)c(C)n1[B-]2([NH])N. The lowest BCUT2D eigenvalue weighted by Crippen LogP contribution is -2.67. The predicted molar refractivity (Wildman–Crippen MR) is 140 cm³/mol. The van der Waals surface area contributed by atoms with Crippen molar-refractivity contribution in [3.63, 3.8) is 0 Å². The van der Waals surface area contributed by atoms with Gasteiger partial charge >= 0.3 is 18.6 Å². The Labute approximate surface area is 209 Å². The molecule has 189 valence electrons. The standard InChI is InChI=1S/C25H32BN6O4/c1-12-17(6-9-21(33)34)14(3)31-24(12)23(16-5-8-19(27)20(28)11-16)25-13(2)18(7-10-22(35)36)15(4)32(25)26(31,29)30/h5,8,11,29H,6-7,9-10,27-28,30H2,1-4H3,(H,33,34)(H,35,36). The van der Waals surface area contributed by atoms with Crippen molar-refractivity contribution in [2.75, 3.05) is 11.5 Å². The molecule has 1 atom stereocenters. The lowest BCUT2D eigenvalue weighted by Gasteiger charge is -2.38. The molecule has 3 heterocycles. The topological polar surface area (TPSA) is 184 Å². The zero-order chi connectivity index (χ0) is 26.7. The van der Waals surface area contributed by atoms with Crippen molar-refractivity contribution < 1.29 is 24.3 Å². The number of nitrogens with one attached hydrogen (secondary N) is 1. The summed E-state index contributed by atoms with van der Waals surface area (Å²) >= 11 is 0. The molecular weight excluding hydrogens is 459 g/mol. The normalized spacial score (nSPS) is 16.5. The Morgan fingerprint density at radius 3 is 2.22 bits per heavy atom. The maximum absolute atomic E-state index is 11.4. The highest BCUT2D eigenvalue weighted by atomic mass is 16.4. The Morgan fingerprint density at radius 1 is 1.03 bits per heavy atom. The van der Waals surface area contributed by atoms with E-state index in [4.69, 9.17) is 17.1 Å². The van der Waals surface area contributed by atoms with Crippen LogP contribution in [-0.2, 0) is 16.0 Å². The average Bonchev–Trinajstić information content (AvgIpc) is 3.18. The maximum atomic E-state index is 11.4. The number of nitrogen functional groups attached to an aromatic ring is 2. The van der Waals surface area contributed by atoms with Crippen LogP contribution in [0.3, 0.4) is 0 Å². The second-order valence-corrected chi connectivity index (χ2v) is 9.66. The van der Waals surface area contributed by atoms with Gasteiger partial charge in [-0.15, -0.1) is 0 Å². The van der Waals surface area contributed by atoms with E-state index in [1.807, 2.05) is 33.8 Å². The predicted octanol–water partition coefficient (Wildman–Crippen LogP) is 2.25. The van der Waals surface area contributed by atoms with Crippen molar-refractivity contribution in [3.8, 4) is 0 Å². The summed E-state index contributed by atoms with van der Waals surface area (Å²) in [5, 5.41) is 18.6.